The molecule has 0 aliphatic heterocycles. The summed E-state index contributed by atoms with van der Waals surface area (Å²) < 4.78 is 11.3. The number of ether oxygens (including phenoxy) is 2. The van der Waals surface area contributed by atoms with Crippen molar-refractivity contribution in [2.24, 2.45) is 0 Å². The summed E-state index contributed by atoms with van der Waals surface area (Å²) in [5.41, 5.74) is 4.01. The topological polar surface area (TPSA) is 59.6 Å². The summed E-state index contributed by atoms with van der Waals surface area (Å²) in [6, 6.07) is 23.0. The van der Waals surface area contributed by atoms with E-state index in [-0.39, 0.29) is 12.5 Å². The van der Waals surface area contributed by atoms with Crippen LogP contribution in [-0.2, 0) is 4.79 Å². The third-order valence-corrected chi connectivity index (χ3v) is 4.32. The molecule has 150 valence electrons. The summed E-state index contributed by atoms with van der Waals surface area (Å²) in [5, 5.41) is 6.05. The molecule has 0 bridgehead atoms. The first-order valence-corrected chi connectivity index (χ1v) is 9.62. The van der Waals surface area contributed by atoms with Crippen molar-refractivity contribution in [3.05, 3.63) is 83.9 Å². The Labute approximate surface area is 171 Å². The summed E-state index contributed by atoms with van der Waals surface area (Å²) in [7, 11) is 0. The van der Waals surface area contributed by atoms with E-state index in [1.807, 2.05) is 80.6 Å². The molecule has 0 fully saturated rings. The monoisotopic (exact) mass is 390 g/mol. The Hall–Kier alpha value is -3.47. The Morgan fingerprint density at radius 2 is 1.48 bits per heavy atom. The molecule has 3 rings (SSSR count). The molecule has 0 aliphatic carbocycles. The van der Waals surface area contributed by atoms with E-state index in [0.29, 0.717) is 13.2 Å². The highest BCUT2D eigenvalue weighted by molar-refractivity contribution is 5.93. The minimum atomic E-state index is -0.102. The molecule has 0 aromatic heterocycles. The Morgan fingerprint density at radius 3 is 2.14 bits per heavy atom. The van der Waals surface area contributed by atoms with Crippen molar-refractivity contribution in [2.75, 3.05) is 30.4 Å². The van der Waals surface area contributed by atoms with Gasteiger partial charge in [0, 0.05) is 11.4 Å². The smallest absolute Gasteiger partial charge is 0.243 e. The number of carbonyl (C=O) groups excluding carboxylic acids is 1. The molecular formula is C24H26N2O3. The molecule has 0 spiro atoms. The van der Waals surface area contributed by atoms with Crippen molar-refractivity contribution in [3.63, 3.8) is 0 Å². The Morgan fingerprint density at radius 1 is 0.828 bits per heavy atom. The van der Waals surface area contributed by atoms with Crippen molar-refractivity contribution in [2.45, 2.75) is 13.8 Å². The van der Waals surface area contributed by atoms with E-state index in [9.17, 15) is 4.79 Å². The fourth-order valence-corrected chi connectivity index (χ4v) is 2.86. The first kappa shape index (κ1) is 20.3. The first-order chi connectivity index (χ1) is 14.1. The Balaban J connectivity index is 1.39. The number of benzene rings is 3. The maximum Gasteiger partial charge on any atom is 0.243 e. The second-order valence-corrected chi connectivity index (χ2v) is 6.75. The maximum absolute atomic E-state index is 12.2. The van der Waals surface area contributed by atoms with Crippen LogP contribution in [0.3, 0.4) is 0 Å². The first-order valence-electron chi connectivity index (χ1n) is 9.62. The predicted octanol–water partition coefficient (Wildman–Crippen LogP) is 4.81. The average molecular weight is 390 g/mol. The Bertz CT molecular complexity index is 925. The van der Waals surface area contributed by atoms with E-state index in [2.05, 4.69) is 16.7 Å². The number of anilines is 2. The summed E-state index contributed by atoms with van der Waals surface area (Å²) in [5.74, 6) is 1.45. The van der Waals surface area contributed by atoms with Crippen molar-refractivity contribution >= 4 is 17.3 Å². The quantitative estimate of drug-likeness (QED) is 0.515. The molecule has 5 heteroatoms. The van der Waals surface area contributed by atoms with Gasteiger partial charge in [-0.3, -0.25) is 4.79 Å². The van der Waals surface area contributed by atoms with E-state index in [0.717, 1.165) is 28.4 Å². The predicted molar refractivity (Wildman–Crippen MR) is 117 cm³/mol. The fourth-order valence-electron chi connectivity index (χ4n) is 2.86. The number of rotatable bonds is 9. The molecule has 0 aliphatic rings. The van der Waals surface area contributed by atoms with Crippen molar-refractivity contribution in [1.82, 2.24) is 0 Å². The normalized spacial score (nSPS) is 10.3. The number of hydrogen-bond donors (Lipinski definition) is 2. The highest BCUT2D eigenvalue weighted by Gasteiger charge is 2.05. The van der Waals surface area contributed by atoms with E-state index < -0.39 is 0 Å². The lowest BCUT2D eigenvalue weighted by Crippen LogP contribution is -2.22. The van der Waals surface area contributed by atoms with Gasteiger partial charge in [0.15, 0.2) is 0 Å². The van der Waals surface area contributed by atoms with Crippen LogP contribution in [0.25, 0.3) is 0 Å². The zero-order valence-corrected chi connectivity index (χ0v) is 16.8. The number of para-hydroxylation sites is 1. The molecule has 0 radical (unpaired) electrons. The van der Waals surface area contributed by atoms with Crippen LogP contribution in [0.5, 0.6) is 11.5 Å². The van der Waals surface area contributed by atoms with Gasteiger partial charge >= 0.3 is 0 Å². The molecule has 0 unspecified atom stereocenters. The second-order valence-electron chi connectivity index (χ2n) is 6.75. The van der Waals surface area contributed by atoms with Crippen LogP contribution in [0, 0.1) is 13.8 Å². The van der Waals surface area contributed by atoms with Crippen LogP contribution in [0.15, 0.2) is 72.8 Å². The molecule has 0 saturated carbocycles. The molecular weight excluding hydrogens is 364 g/mol. The van der Waals surface area contributed by atoms with Crippen molar-refractivity contribution < 1.29 is 14.3 Å². The van der Waals surface area contributed by atoms with E-state index >= 15 is 0 Å². The summed E-state index contributed by atoms with van der Waals surface area (Å²) in [6.07, 6.45) is 0. The zero-order valence-electron chi connectivity index (χ0n) is 16.8. The van der Waals surface area contributed by atoms with Crippen LogP contribution >= 0.6 is 0 Å². The molecule has 0 atom stereocenters. The van der Waals surface area contributed by atoms with Crippen LogP contribution in [0.2, 0.25) is 0 Å². The second kappa shape index (κ2) is 10.2. The molecule has 3 aromatic rings. The van der Waals surface area contributed by atoms with Gasteiger partial charge in [0.25, 0.3) is 0 Å². The molecule has 3 aromatic carbocycles. The number of hydrogen-bond acceptors (Lipinski definition) is 4. The van der Waals surface area contributed by atoms with Crippen LogP contribution < -0.4 is 20.1 Å². The summed E-state index contributed by atoms with van der Waals surface area (Å²) in [6.45, 7) is 5.19. The number of nitrogens with one attached hydrogen (secondary N) is 2. The minimum Gasteiger partial charge on any atom is -0.490 e. The van der Waals surface area contributed by atoms with E-state index in [4.69, 9.17) is 9.47 Å². The standard InChI is InChI=1S/C24H26N2O3/c1-18-8-13-23(19(2)16-18)25-17-24(27)26-20-9-11-22(12-10-20)29-15-14-28-21-6-4-3-5-7-21/h3-13,16,25H,14-15,17H2,1-2H3,(H,26,27). The zero-order chi connectivity index (χ0) is 20.5. The third kappa shape index (κ3) is 6.57. The molecule has 5 nitrogen and oxygen atoms in total. The number of aryl methyl sites for hydroxylation is 2. The van der Waals surface area contributed by atoms with Gasteiger partial charge in [-0.05, 0) is 61.9 Å². The van der Waals surface area contributed by atoms with Gasteiger partial charge in [-0.25, -0.2) is 0 Å². The van der Waals surface area contributed by atoms with Gasteiger partial charge in [-0.15, -0.1) is 0 Å². The molecule has 0 heterocycles. The average Bonchev–Trinajstić information content (AvgIpc) is 2.72. The van der Waals surface area contributed by atoms with E-state index in [1.165, 1.54) is 5.56 Å². The molecule has 1 amide bonds. The number of carbonyl (C=O) groups is 1. The Kier molecular flexibility index (Phi) is 7.11. The van der Waals surface area contributed by atoms with Crippen LogP contribution in [0.4, 0.5) is 11.4 Å². The van der Waals surface area contributed by atoms with Gasteiger partial charge in [0.2, 0.25) is 5.91 Å². The molecule has 2 N–H and O–H groups in total. The van der Waals surface area contributed by atoms with Gasteiger partial charge in [-0.2, -0.15) is 0 Å². The van der Waals surface area contributed by atoms with E-state index in [1.54, 1.807) is 0 Å². The minimum absolute atomic E-state index is 0.102. The van der Waals surface area contributed by atoms with Crippen molar-refractivity contribution in [3.8, 4) is 11.5 Å². The highest BCUT2D eigenvalue weighted by Crippen LogP contribution is 2.17. The molecule has 29 heavy (non-hydrogen) atoms. The highest BCUT2D eigenvalue weighted by atomic mass is 16.5. The summed E-state index contributed by atoms with van der Waals surface area (Å²) in [4.78, 5) is 12.2. The van der Waals surface area contributed by atoms with Crippen molar-refractivity contribution in [1.29, 1.82) is 0 Å². The van der Waals surface area contributed by atoms with Crippen LogP contribution in [-0.4, -0.2) is 25.7 Å². The van der Waals surface area contributed by atoms with Gasteiger partial charge in [0.05, 0.1) is 6.54 Å². The lowest BCUT2D eigenvalue weighted by atomic mass is 10.1. The SMILES string of the molecule is Cc1ccc(NCC(=O)Nc2ccc(OCCOc3ccccc3)cc2)c(C)c1. The van der Waals surface area contributed by atoms with Gasteiger partial charge in [-0.1, -0.05) is 35.9 Å². The van der Waals surface area contributed by atoms with Gasteiger partial charge < -0.3 is 20.1 Å². The van der Waals surface area contributed by atoms with Gasteiger partial charge in [0.1, 0.15) is 24.7 Å². The fraction of sp³-hybridized carbons (Fsp3) is 0.208. The largest absolute Gasteiger partial charge is 0.490 e. The molecule has 0 saturated heterocycles. The maximum atomic E-state index is 12.2. The lowest BCUT2D eigenvalue weighted by Gasteiger charge is -2.11. The van der Waals surface area contributed by atoms with Crippen LogP contribution in [0.1, 0.15) is 11.1 Å². The third-order valence-electron chi connectivity index (χ3n) is 4.32. The lowest BCUT2D eigenvalue weighted by molar-refractivity contribution is -0.114. The number of amides is 1. The summed E-state index contributed by atoms with van der Waals surface area (Å²) >= 11 is 0.